The van der Waals surface area contributed by atoms with Gasteiger partial charge in [0, 0.05) is 18.4 Å². The summed E-state index contributed by atoms with van der Waals surface area (Å²) in [5, 5.41) is 0. The summed E-state index contributed by atoms with van der Waals surface area (Å²) in [6.45, 7) is 5.65. The Kier molecular flexibility index (Phi) is 15.7. The van der Waals surface area contributed by atoms with Gasteiger partial charge in [-0.2, -0.15) is 0 Å². The summed E-state index contributed by atoms with van der Waals surface area (Å²) < 4.78 is 0. The molecular weight excluding hydrogens is 310 g/mol. The maximum atomic E-state index is 11.6. The lowest BCUT2D eigenvalue weighted by Gasteiger charge is -2.02. The molecule has 0 saturated heterocycles. The molecule has 0 radical (unpaired) electrons. The number of Topliss-reactive ketones (excluding diaryl/α,β-unsaturated/α-hetero) is 1. The molecule has 140 valence electrons. The quantitative estimate of drug-likeness (QED) is 0.226. The van der Waals surface area contributed by atoms with Gasteiger partial charge < -0.3 is 5.73 Å². The minimum Gasteiger partial charge on any atom is -0.366 e. The topological polar surface area (TPSA) is 60.2 Å². The molecule has 0 aliphatic rings. The average Bonchev–Trinajstić information content (AvgIpc) is 2.58. The number of rotatable bonds is 16. The zero-order valence-corrected chi connectivity index (χ0v) is 15.8. The minimum absolute atomic E-state index is 0.0602. The molecule has 0 fully saturated rings. The number of hydrogen-bond donors (Lipinski definition) is 1. The maximum Gasteiger partial charge on any atom is 0.244 e. The zero-order valence-electron chi connectivity index (χ0n) is 15.8. The predicted molar refractivity (Wildman–Crippen MR) is 107 cm³/mol. The Bertz CT molecular complexity index is 472. The molecule has 3 heteroatoms. The van der Waals surface area contributed by atoms with Gasteiger partial charge in [0.05, 0.1) is 0 Å². The van der Waals surface area contributed by atoms with Crippen molar-refractivity contribution >= 4 is 11.7 Å². The summed E-state index contributed by atoms with van der Waals surface area (Å²) in [4.78, 5) is 22.4. The fraction of sp³-hybridized carbons (Fsp3) is 0.545. The standard InChI is InChI=1S/C22H35NO2/c1-3-4-5-6-7-8-9-10-11-12-13-14-15-16-17-18-21(24)19-20(2)22(23)25/h4-5,7-8,10-11H,2-3,6,9,12-19H2,1H3,(H2,23,25)/b5-4-,8-7-,11-10-. The minimum atomic E-state index is -0.578. The molecule has 0 heterocycles. The van der Waals surface area contributed by atoms with Gasteiger partial charge in [0.1, 0.15) is 5.78 Å². The van der Waals surface area contributed by atoms with Gasteiger partial charge in [0.2, 0.25) is 5.91 Å². The third-order valence-corrected chi connectivity index (χ3v) is 3.87. The Labute approximate surface area is 153 Å². The van der Waals surface area contributed by atoms with Crippen molar-refractivity contribution < 1.29 is 9.59 Å². The summed E-state index contributed by atoms with van der Waals surface area (Å²) in [5.74, 6) is -0.518. The number of nitrogens with two attached hydrogens (primary N) is 1. The lowest BCUT2D eigenvalue weighted by molar-refractivity contribution is -0.120. The number of unbranched alkanes of at least 4 members (excludes halogenated alkanes) is 5. The first kappa shape index (κ1) is 23.1. The second kappa shape index (κ2) is 16.9. The molecule has 0 spiro atoms. The van der Waals surface area contributed by atoms with Crippen LogP contribution in [-0.4, -0.2) is 11.7 Å². The number of carbonyl (C=O) groups excluding carboxylic acids is 2. The summed E-state index contributed by atoms with van der Waals surface area (Å²) in [6.07, 6.45) is 23.7. The number of hydrogen-bond acceptors (Lipinski definition) is 2. The largest absolute Gasteiger partial charge is 0.366 e. The Morgan fingerprint density at radius 3 is 2.04 bits per heavy atom. The maximum absolute atomic E-state index is 11.6. The van der Waals surface area contributed by atoms with Crippen LogP contribution in [0.4, 0.5) is 0 Å². The molecule has 0 unspecified atom stereocenters. The van der Waals surface area contributed by atoms with Crippen molar-refractivity contribution in [2.24, 2.45) is 5.73 Å². The van der Waals surface area contributed by atoms with E-state index < -0.39 is 5.91 Å². The highest BCUT2D eigenvalue weighted by molar-refractivity contribution is 5.97. The van der Waals surface area contributed by atoms with E-state index in [4.69, 9.17) is 5.73 Å². The van der Waals surface area contributed by atoms with Gasteiger partial charge in [-0.15, -0.1) is 0 Å². The van der Waals surface area contributed by atoms with E-state index in [1.165, 1.54) is 12.8 Å². The van der Waals surface area contributed by atoms with Crippen LogP contribution in [0.1, 0.15) is 77.6 Å². The molecule has 0 saturated carbocycles. The first-order valence-corrected chi connectivity index (χ1v) is 9.52. The Hall–Kier alpha value is -1.90. The van der Waals surface area contributed by atoms with Crippen molar-refractivity contribution in [2.45, 2.75) is 77.6 Å². The SMILES string of the molecule is C=C(CC(=O)CCCCCCC/C=C\C/C=C\C/C=C\CC)C(N)=O. The van der Waals surface area contributed by atoms with Crippen LogP contribution in [0.2, 0.25) is 0 Å². The second-order valence-corrected chi connectivity index (χ2v) is 6.28. The van der Waals surface area contributed by atoms with E-state index >= 15 is 0 Å². The molecule has 1 amide bonds. The molecule has 25 heavy (non-hydrogen) atoms. The molecule has 0 aromatic rings. The van der Waals surface area contributed by atoms with Gasteiger partial charge in [-0.1, -0.05) is 69.2 Å². The van der Waals surface area contributed by atoms with Gasteiger partial charge in [0.25, 0.3) is 0 Å². The number of carbonyl (C=O) groups is 2. The number of allylic oxidation sites excluding steroid dienone is 6. The summed E-state index contributed by atoms with van der Waals surface area (Å²) in [5.41, 5.74) is 5.28. The Morgan fingerprint density at radius 2 is 1.40 bits per heavy atom. The van der Waals surface area contributed by atoms with E-state index in [0.717, 1.165) is 44.9 Å². The fourth-order valence-corrected chi connectivity index (χ4v) is 2.35. The number of primary amides is 1. The van der Waals surface area contributed by atoms with E-state index in [0.29, 0.717) is 6.42 Å². The highest BCUT2D eigenvalue weighted by Crippen LogP contribution is 2.10. The molecule has 2 N–H and O–H groups in total. The third kappa shape index (κ3) is 16.7. The van der Waals surface area contributed by atoms with Crippen molar-refractivity contribution in [2.75, 3.05) is 0 Å². The molecule has 3 nitrogen and oxygen atoms in total. The van der Waals surface area contributed by atoms with Crippen LogP contribution < -0.4 is 5.73 Å². The van der Waals surface area contributed by atoms with Crippen molar-refractivity contribution in [3.05, 3.63) is 48.6 Å². The van der Waals surface area contributed by atoms with Crippen molar-refractivity contribution in [1.82, 2.24) is 0 Å². The molecular formula is C22H35NO2. The normalized spacial score (nSPS) is 11.7. The van der Waals surface area contributed by atoms with Gasteiger partial charge >= 0.3 is 0 Å². The lowest BCUT2D eigenvalue weighted by atomic mass is 10.0. The highest BCUT2D eigenvalue weighted by Gasteiger charge is 2.08. The van der Waals surface area contributed by atoms with Gasteiger partial charge in [-0.3, -0.25) is 9.59 Å². The summed E-state index contributed by atoms with van der Waals surface area (Å²) in [7, 11) is 0. The lowest BCUT2D eigenvalue weighted by Crippen LogP contribution is -2.15. The van der Waals surface area contributed by atoms with E-state index in [1.54, 1.807) is 0 Å². The van der Waals surface area contributed by atoms with Crippen molar-refractivity contribution in [1.29, 1.82) is 0 Å². The van der Waals surface area contributed by atoms with E-state index in [9.17, 15) is 9.59 Å². The van der Waals surface area contributed by atoms with E-state index in [1.807, 2.05) is 0 Å². The molecule has 0 aliphatic heterocycles. The van der Waals surface area contributed by atoms with E-state index in [2.05, 4.69) is 50.0 Å². The van der Waals surface area contributed by atoms with Crippen LogP contribution in [0.25, 0.3) is 0 Å². The van der Waals surface area contributed by atoms with Gasteiger partial charge in [-0.25, -0.2) is 0 Å². The van der Waals surface area contributed by atoms with Crippen LogP contribution in [0.3, 0.4) is 0 Å². The smallest absolute Gasteiger partial charge is 0.244 e. The van der Waals surface area contributed by atoms with Gasteiger partial charge in [-0.05, 0) is 38.5 Å². The number of ketones is 1. The fourth-order valence-electron chi connectivity index (χ4n) is 2.35. The molecule has 0 rings (SSSR count). The Morgan fingerprint density at radius 1 is 0.840 bits per heavy atom. The average molecular weight is 346 g/mol. The number of amides is 1. The summed E-state index contributed by atoms with van der Waals surface area (Å²) >= 11 is 0. The first-order valence-electron chi connectivity index (χ1n) is 9.52. The van der Waals surface area contributed by atoms with E-state index in [-0.39, 0.29) is 17.8 Å². The summed E-state index contributed by atoms with van der Waals surface area (Å²) in [6, 6.07) is 0. The molecule has 0 aromatic heterocycles. The Balaban J connectivity index is 3.42. The second-order valence-electron chi connectivity index (χ2n) is 6.28. The molecule has 0 aromatic carbocycles. The third-order valence-electron chi connectivity index (χ3n) is 3.87. The molecule has 0 aliphatic carbocycles. The van der Waals surface area contributed by atoms with Crippen LogP contribution >= 0.6 is 0 Å². The first-order chi connectivity index (χ1) is 12.1. The van der Waals surface area contributed by atoms with Crippen LogP contribution in [0.15, 0.2) is 48.6 Å². The van der Waals surface area contributed by atoms with Crippen molar-refractivity contribution in [3.63, 3.8) is 0 Å². The van der Waals surface area contributed by atoms with Crippen LogP contribution in [0.5, 0.6) is 0 Å². The highest BCUT2D eigenvalue weighted by atomic mass is 16.1. The van der Waals surface area contributed by atoms with Crippen LogP contribution in [-0.2, 0) is 9.59 Å². The molecule has 0 atom stereocenters. The predicted octanol–water partition coefficient (Wildman–Crippen LogP) is 5.58. The van der Waals surface area contributed by atoms with Gasteiger partial charge in [0.15, 0.2) is 0 Å². The van der Waals surface area contributed by atoms with Crippen molar-refractivity contribution in [3.8, 4) is 0 Å². The van der Waals surface area contributed by atoms with Crippen LogP contribution in [0, 0.1) is 0 Å². The monoisotopic (exact) mass is 345 g/mol. The zero-order chi connectivity index (χ0) is 18.8. The molecule has 0 bridgehead atoms.